The summed E-state index contributed by atoms with van der Waals surface area (Å²) in [5, 5.41) is 0. The van der Waals surface area contributed by atoms with Crippen molar-refractivity contribution in [2.24, 2.45) is 5.73 Å². The quantitative estimate of drug-likeness (QED) is 0.873. The van der Waals surface area contributed by atoms with Crippen LogP contribution in [0.1, 0.15) is 23.5 Å². The SMILES string of the molecule is NCC(CCc1ccc(F)c(F)c1)c1ccccc1. The minimum Gasteiger partial charge on any atom is -0.330 e. The number of halogens is 2. The molecule has 0 fully saturated rings. The highest BCUT2D eigenvalue weighted by atomic mass is 19.2. The van der Waals surface area contributed by atoms with Gasteiger partial charge in [-0.2, -0.15) is 0 Å². The first kappa shape index (κ1) is 13.7. The second kappa shape index (κ2) is 6.43. The molecule has 0 saturated heterocycles. The van der Waals surface area contributed by atoms with Crippen molar-refractivity contribution in [1.29, 1.82) is 0 Å². The summed E-state index contributed by atoms with van der Waals surface area (Å²) >= 11 is 0. The third kappa shape index (κ3) is 3.61. The van der Waals surface area contributed by atoms with Crippen LogP contribution in [0.5, 0.6) is 0 Å². The molecule has 0 heterocycles. The molecule has 2 rings (SSSR count). The maximum atomic E-state index is 13.1. The molecule has 0 spiro atoms. The van der Waals surface area contributed by atoms with Gasteiger partial charge in [0.25, 0.3) is 0 Å². The molecule has 1 nitrogen and oxygen atoms in total. The minimum atomic E-state index is -0.804. The van der Waals surface area contributed by atoms with Crippen LogP contribution in [-0.4, -0.2) is 6.54 Å². The molecule has 0 aliphatic heterocycles. The Bertz CT molecular complexity index is 526. The van der Waals surface area contributed by atoms with Gasteiger partial charge >= 0.3 is 0 Å². The lowest BCUT2D eigenvalue weighted by molar-refractivity contribution is 0.506. The first-order valence-electron chi connectivity index (χ1n) is 6.39. The van der Waals surface area contributed by atoms with Gasteiger partial charge in [0, 0.05) is 0 Å². The molecule has 0 aromatic heterocycles. The molecule has 1 unspecified atom stereocenters. The summed E-state index contributed by atoms with van der Waals surface area (Å²) in [7, 11) is 0. The molecule has 2 N–H and O–H groups in total. The van der Waals surface area contributed by atoms with Gasteiger partial charge in [-0.1, -0.05) is 36.4 Å². The molecule has 2 aromatic rings. The van der Waals surface area contributed by atoms with Crippen LogP contribution in [0, 0.1) is 11.6 Å². The first-order valence-corrected chi connectivity index (χ1v) is 6.39. The number of hydrogen-bond acceptors (Lipinski definition) is 1. The normalized spacial score (nSPS) is 12.4. The van der Waals surface area contributed by atoms with E-state index >= 15 is 0 Å². The number of nitrogens with two attached hydrogens (primary N) is 1. The van der Waals surface area contributed by atoms with Crippen LogP contribution in [-0.2, 0) is 6.42 Å². The average Bonchev–Trinajstić information content (AvgIpc) is 2.44. The second-order valence-corrected chi connectivity index (χ2v) is 4.63. The minimum absolute atomic E-state index is 0.245. The average molecular weight is 261 g/mol. The molecule has 100 valence electrons. The summed E-state index contributed by atoms with van der Waals surface area (Å²) in [4.78, 5) is 0. The topological polar surface area (TPSA) is 26.0 Å². The Morgan fingerprint density at radius 1 is 0.947 bits per heavy atom. The summed E-state index contributed by atoms with van der Waals surface area (Å²) in [5.41, 5.74) is 7.78. The zero-order valence-electron chi connectivity index (χ0n) is 10.7. The summed E-state index contributed by atoms with van der Waals surface area (Å²) in [5.74, 6) is -1.35. The molecule has 0 saturated carbocycles. The van der Waals surface area contributed by atoms with E-state index in [4.69, 9.17) is 5.73 Å². The lowest BCUT2D eigenvalue weighted by Crippen LogP contribution is -2.13. The predicted molar refractivity (Wildman–Crippen MR) is 72.9 cm³/mol. The summed E-state index contributed by atoms with van der Waals surface area (Å²) in [6.45, 7) is 0.549. The fourth-order valence-electron chi connectivity index (χ4n) is 2.18. The molecular weight excluding hydrogens is 244 g/mol. The van der Waals surface area contributed by atoms with Gasteiger partial charge in [-0.15, -0.1) is 0 Å². The van der Waals surface area contributed by atoms with E-state index < -0.39 is 11.6 Å². The summed E-state index contributed by atoms with van der Waals surface area (Å²) in [6, 6.07) is 14.1. The van der Waals surface area contributed by atoms with Crippen molar-refractivity contribution in [2.75, 3.05) is 6.54 Å². The molecule has 2 aromatic carbocycles. The molecular formula is C16H17F2N. The van der Waals surface area contributed by atoms with Crippen LogP contribution in [0.15, 0.2) is 48.5 Å². The van der Waals surface area contributed by atoms with E-state index in [0.717, 1.165) is 12.0 Å². The van der Waals surface area contributed by atoms with Crippen molar-refractivity contribution in [1.82, 2.24) is 0 Å². The van der Waals surface area contributed by atoms with E-state index in [9.17, 15) is 8.78 Å². The largest absolute Gasteiger partial charge is 0.330 e. The van der Waals surface area contributed by atoms with E-state index in [-0.39, 0.29) is 5.92 Å². The van der Waals surface area contributed by atoms with Gasteiger partial charge in [0.2, 0.25) is 0 Å². The monoisotopic (exact) mass is 261 g/mol. The molecule has 0 amide bonds. The highest BCUT2D eigenvalue weighted by Crippen LogP contribution is 2.21. The number of hydrogen-bond donors (Lipinski definition) is 1. The van der Waals surface area contributed by atoms with Crippen LogP contribution < -0.4 is 5.73 Å². The Kier molecular flexibility index (Phi) is 4.63. The van der Waals surface area contributed by atoms with Crippen molar-refractivity contribution in [2.45, 2.75) is 18.8 Å². The highest BCUT2D eigenvalue weighted by molar-refractivity contribution is 5.22. The van der Waals surface area contributed by atoms with Crippen LogP contribution in [0.3, 0.4) is 0 Å². The maximum absolute atomic E-state index is 13.1. The Morgan fingerprint density at radius 3 is 2.32 bits per heavy atom. The lowest BCUT2D eigenvalue weighted by atomic mass is 9.92. The van der Waals surface area contributed by atoms with Crippen LogP contribution >= 0.6 is 0 Å². The first-order chi connectivity index (χ1) is 9.20. The van der Waals surface area contributed by atoms with Crippen LogP contribution in [0.4, 0.5) is 8.78 Å². The summed E-state index contributed by atoms with van der Waals surface area (Å²) in [6.07, 6.45) is 1.51. The van der Waals surface area contributed by atoms with Gasteiger partial charge in [0.1, 0.15) is 0 Å². The Labute approximate surface area is 112 Å². The standard InChI is InChI=1S/C16H17F2N/c17-15-9-7-12(10-16(15)18)6-8-14(11-19)13-4-2-1-3-5-13/h1-5,7,9-10,14H,6,8,11,19H2. The molecule has 1 atom stereocenters. The summed E-state index contributed by atoms with van der Waals surface area (Å²) < 4.78 is 25.9. The fourth-order valence-corrected chi connectivity index (χ4v) is 2.18. The highest BCUT2D eigenvalue weighted by Gasteiger charge is 2.10. The van der Waals surface area contributed by atoms with Crippen molar-refractivity contribution >= 4 is 0 Å². The van der Waals surface area contributed by atoms with Gasteiger partial charge in [0.15, 0.2) is 11.6 Å². The molecule has 3 heteroatoms. The van der Waals surface area contributed by atoms with Gasteiger partial charge < -0.3 is 5.73 Å². The van der Waals surface area contributed by atoms with E-state index in [1.165, 1.54) is 17.7 Å². The van der Waals surface area contributed by atoms with Crippen molar-refractivity contribution in [3.63, 3.8) is 0 Å². The van der Waals surface area contributed by atoms with E-state index in [2.05, 4.69) is 0 Å². The van der Waals surface area contributed by atoms with Crippen LogP contribution in [0.2, 0.25) is 0 Å². The van der Waals surface area contributed by atoms with Crippen LogP contribution in [0.25, 0.3) is 0 Å². The number of benzene rings is 2. The van der Waals surface area contributed by atoms with E-state index in [1.54, 1.807) is 6.07 Å². The second-order valence-electron chi connectivity index (χ2n) is 4.63. The third-order valence-electron chi connectivity index (χ3n) is 3.32. The van der Waals surface area contributed by atoms with E-state index in [1.807, 2.05) is 30.3 Å². The van der Waals surface area contributed by atoms with Gasteiger partial charge in [0.05, 0.1) is 0 Å². The Balaban J connectivity index is 2.02. The zero-order valence-corrected chi connectivity index (χ0v) is 10.7. The molecule has 0 radical (unpaired) electrons. The fraction of sp³-hybridized carbons (Fsp3) is 0.250. The molecule has 19 heavy (non-hydrogen) atoms. The maximum Gasteiger partial charge on any atom is 0.159 e. The van der Waals surface area contributed by atoms with Crippen molar-refractivity contribution < 1.29 is 8.78 Å². The smallest absolute Gasteiger partial charge is 0.159 e. The van der Waals surface area contributed by atoms with E-state index in [0.29, 0.717) is 13.0 Å². The molecule has 0 aliphatic rings. The Hall–Kier alpha value is -1.74. The van der Waals surface area contributed by atoms with Crippen molar-refractivity contribution in [3.8, 4) is 0 Å². The molecule has 0 aliphatic carbocycles. The zero-order chi connectivity index (χ0) is 13.7. The third-order valence-corrected chi connectivity index (χ3v) is 3.32. The van der Waals surface area contributed by atoms with Crippen molar-refractivity contribution in [3.05, 3.63) is 71.3 Å². The van der Waals surface area contributed by atoms with Gasteiger partial charge in [-0.3, -0.25) is 0 Å². The van der Waals surface area contributed by atoms with Gasteiger partial charge in [-0.25, -0.2) is 8.78 Å². The molecule has 0 bridgehead atoms. The number of rotatable bonds is 5. The Morgan fingerprint density at radius 2 is 1.68 bits per heavy atom. The predicted octanol–water partition coefficient (Wildman–Crippen LogP) is 3.64. The number of aryl methyl sites for hydroxylation is 1. The van der Waals surface area contributed by atoms with Gasteiger partial charge in [-0.05, 0) is 48.6 Å². The lowest BCUT2D eigenvalue weighted by Gasteiger charge is -2.15.